The van der Waals surface area contributed by atoms with E-state index >= 15 is 0 Å². The van der Waals surface area contributed by atoms with Gasteiger partial charge in [0.25, 0.3) is 0 Å². The lowest BCUT2D eigenvalue weighted by molar-refractivity contribution is -0.117. The van der Waals surface area contributed by atoms with E-state index in [2.05, 4.69) is 68.6 Å². The van der Waals surface area contributed by atoms with Crippen LogP contribution in [0.3, 0.4) is 0 Å². The van der Waals surface area contributed by atoms with E-state index in [4.69, 9.17) is 0 Å². The van der Waals surface area contributed by atoms with Crippen LogP contribution in [0.2, 0.25) is 0 Å². The minimum absolute atomic E-state index is 0.108. The number of benzene rings is 2. The standard InChI is InChI=1S/C20H24N2O/c1-13-5-8-17(9-6-13)21-19-12-15(3)22(16(4)23)20-10-7-14(2)11-18(19)20/h5-11,15,19,21H,12H2,1-4H3/t15-,19-/m1/s1. The number of nitrogens with zero attached hydrogens (tertiary/aromatic N) is 1. The van der Waals surface area contributed by atoms with Crippen LogP contribution in [-0.2, 0) is 4.79 Å². The van der Waals surface area contributed by atoms with Gasteiger partial charge >= 0.3 is 0 Å². The summed E-state index contributed by atoms with van der Waals surface area (Å²) in [6, 6.07) is 15.2. The van der Waals surface area contributed by atoms with Crippen molar-refractivity contribution < 1.29 is 4.79 Å². The third kappa shape index (κ3) is 3.09. The first-order valence-electron chi connectivity index (χ1n) is 8.19. The van der Waals surface area contributed by atoms with Gasteiger partial charge in [-0.15, -0.1) is 0 Å². The lowest BCUT2D eigenvalue weighted by Gasteiger charge is -2.39. The maximum absolute atomic E-state index is 12.1. The second kappa shape index (κ2) is 6.07. The van der Waals surface area contributed by atoms with Gasteiger partial charge < -0.3 is 10.2 Å². The molecule has 0 unspecified atom stereocenters. The van der Waals surface area contributed by atoms with Crippen molar-refractivity contribution in [2.24, 2.45) is 0 Å². The normalized spacial score (nSPS) is 20.1. The quantitative estimate of drug-likeness (QED) is 0.879. The van der Waals surface area contributed by atoms with Gasteiger partial charge in [-0.3, -0.25) is 4.79 Å². The number of aryl methyl sites for hydroxylation is 2. The molecule has 1 aliphatic rings. The second-order valence-corrected chi connectivity index (χ2v) is 6.60. The SMILES string of the molecule is CC(=O)N1c2ccc(C)cc2[C@H](Nc2ccc(C)cc2)C[C@H]1C. The van der Waals surface area contributed by atoms with Crippen LogP contribution in [0.4, 0.5) is 11.4 Å². The highest BCUT2D eigenvalue weighted by atomic mass is 16.2. The zero-order valence-electron chi connectivity index (χ0n) is 14.3. The molecule has 0 fully saturated rings. The first kappa shape index (κ1) is 15.6. The van der Waals surface area contributed by atoms with Crippen molar-refractivity contribution in [3.05, 3.63) is 59.2 Å². The highest BCUT2D eigenvalue weighted by Gasteiger charge is 2.32. The van der Waals surface area contributed by atoms with E-state index in [1.54, 1.807) is 6.92 Å². The van der Waals surface area contributed by atoms with E-state index in [-0.39, 0.29) is 18.0 Å². The number of amides is 1. The van der Waals surface area contributed by atoms with Crippen molar-refractivity contribution in [1.29, 1.82) is 0 Å². The number of carbonyl (C=O) groups is 1. The van der Waals surface area contributed by atoms with Gasteiger partial charge in [-0.1, -0.05) is 35.4 Å². The van der Waals surface area contributed by atoms with Gasteiger partial charge in [-0.2, -0.15) is 0 Å². The molecule has 1 heterocycles. The zero-order valence-corrected chi connectivity index (χ0v) is 14.3. The lowest BCUT2D eigenvalue weighted by Crippen LogP contribution is -2.43. The Morgan fingerprint density at radius 3 is 2.39 bits per heavy atom. The molecule has 2 aromatic carbocycles. The average Bonchev–Trinajstić information content (AvgIpc) is 2.49. The van der Waals surface area contributed by atoms with Crippen LogP contribution in [0.1, 0.15) is 43.0 Å². The number of anilines is 2. The summed E-state index contributed by atoms with van der Waals surface area (Å²) >= 11 is 0. The fraction of sp³-hybridized carbons (Fsp3) is 0.350. The molecule has 120 valence electrons. The molecule has 3 heteroatoms. The molecule has 0 radical (unpaired) electrons. The van der Waals surface area contributed by atoms with Crippen LogP contribution in [0.5, 0.6) is 0 Å². The van der Waals surface area contributed by atoms with E-state index in [0.717, 1.165) is 17.8 Å². The van der Waals surface area contributed by atoms with Crippen LogP contribution < -0.4 is 10.2 Å². The molecule has 3 nitrogen and oxygen atoms in total. The summed E-state index contributed by atoms with van der Waals surface area (Å²) < 4.78 is 0. The van der Waals surface area contributed by atoms with E-state index in [1.807, 2.05) is 4.90 Å². The Balaban J connectivity index is 1.98. The molecule has 0 bridgehead atoms. The third-order valence-corrected chi connectivity index (χ3v) is 4.57. The van der Waals surface area contributed by atoms with Crippen molar-refractivity contribution in [2.75, 3.05) is 10.2 Å². The number of nitrogens with one attached hydrogen (secondary N) is 1. The van der Waals surface area contributed by atoms with Crippen molar-refractivity contribution >= 4 is 17.3 Å². The summed E-state index contributed by atoms with van der Waals surface area (Å²) in [6.45, 7) is 7.96. The van der Waals surface area contributed by atoms with Gasteiger partial charge in [0, 0.05) is 24.3 Å². The summed E-state index contributed by atoms with van der Waals surface area (Å²) in [5.41, 5.74) is 5.84. The van der Waals surface area contributed by atoms with Crippen LogP contribution in [0.15, 0.2) is 42.5 Å². The molecular formula is C20H24N2O. The van der Waals surface area contributed by atoms with E-state index in [0.29, 0.717) is 0 Å². The average molecular weight is 308 g/mol. The van der Waals surface area contributed by atoms with E-state index in [1.165, 1.54) is 16.7 Å². The van der Waals surface area contributed by atoms with Gasteiger partial charge in [0.1, 0.15) is 0 Å². The van der Waals surface area contributed by atoms with Gasteiger partial charge in [0.15, 0.2) is 0 Å². The Bertz CT molecular complexity index is 721. The minimum Gasteiger partial charge on any atom is -0.378 e. The van der Waals surface area contributed by atoms with Crippen molar-refractivity contribution in [3.8, 4) is 0 Å². The molecule has 0 spiro atoms. The molecule has 23 heavy (non-hydrogen) atoms. The Morgan fingerprint density at radius 1 is 1.09 bits per heavy atom. The smallest absolute Gasteiger partial charge is 0.224 e. The molecule has 2 aromatic rings. The fourth-order valence-electron chi connectivity index (χ4n) is 3.45. The molecule has 1 N–H and O–H groups in total. The summed E-state index contributed by atoms with van der Waals surface area (Å²) in [5.74, 6) is 0.108. The van der Waals surface area contributed by atoms with Crippen LogP contribution >= 0.6 is 0 Å². The first-order chi connectivity index (χ1) is 11.0. The minimum atomic E-state index is 0.108. The molecule has 0 saturated carbocycles. The van der Waals surface area contributed by atoms with Crippen LogP contribution in [-0.4, -0.2) is 11.9 Å². The van der Waals surface area contributed by atoms with Crippen LogP contribution in [0.25, 0.3) is 0 Å². The molecule has 1 amide bonds. The fourth-order valence-corrected chi connectivity index (χ4v) is 3.45. The third-order valence-electron chi connectivity index (χ3n) is 4.57. The first-order valence-corrected chi connectivity index (χ1v) is 8.19. The summed E-state index contributed by atoms with van der Waals surface area (Å²) in [5, 5.41) is 3.64. The molecule has 0 saturated heterocycles. The Hall–Kier alpha value is -2.29. The molecular weight excluding hydrogens is 284 g/mol. The summed E-state index contributed by atoms with van der Waals surface area (Å²) in [4.78, 5) is 14.0. The predicted molar refractivity (Wildman–Crippen MR) is 96.0 cm³/mol. The van der Waals surface area contributed by atoms with E-state index in [9.17, 15) is 4.79 Å². The molecule has 2 atom stereocenters. The highest BCUT2D eigenvalue weighted by Crippen LogP contribution is 2.39. The maximum atomic E-state index is 12.1. The van der Waals surface area contributed by atoms with Gasteiger partial charge in [-0.05, 0) is 51.0 Å². The zero-order chi connectivity index (χ0) is 16.6. The molecule has 3 rings (SSSR count). The summed E-state index contributed by atoms with van der Waals surface area (Å²) in [7, 11) is 0. The number of hydrogen-bond donors (Lipinski definition) is 1. The topological polar surface area (TPSA) is 32.3 Å². The monoisotopic (exact) mass is 308 g/mol. The maximum Gasteiger partial charge on any atom is 0.224 e. The number of hydrogen-bond acceptors (Lipinski definition) is 2. The van der Waals surface area contributed by atoms with Crippen molar-refractivity contribution in [1.82, 2.24) is 0 Å². The van der Waals surface area contributed by atoms with Gasteiger partial charge in [0.05, 0.1) is 6.04 Å². The predicted octanol–water partition coefficient (Wildman–Crippen LogP) is 4.60. The number of fused-ring (bicyclic) bond motifs is 1. The van der Waals surface area contributed by atoms with Gasteiger partial charge in [0.2, 0.25) is 5.91 Å². The molecule has 0 aliphatic carbocycles. The van der Waals surface area contributed by atoms with Crippen LogP contribution in [0, 0.1) is 13.8 Å². The Morgan fingerprint density at radius 2 is 1.74 bits per heavy atom. The van der Waals surface area contributed by atoms with Crippen molar-refractivity contribution in [3.63, 3.8) is 0 Å². The van der Waals surface area contributed by atoms with E-state index < -0.39 is 0 Å². The highest BCUT2D eigenvalue weighted by molar-refractivity contribution is 5.93. The van der Waals surface area contributed by atoms with Crippen molar-refractivity contribution in [2.45, 2.75) is 46.2 Å². The van der Waals surface area contributed by atoms with Gasteiger partial charge in [-0.25, -0.2) is 0 Å². The Labute approximate surface area is 138 Å². The molecule has 1 aliphatic heterocycles. The Kier molecular flexibility index (Phi) is 4.12. The second-order valence-electron chi connectivity index (χ2n) is 6.60. The number of rotatable bonds is 2. The summed E-state index contributed by atoms with van der Waals surface area (Å²) in [6.07, 6.45) is 0.907. The lowest BCUT2D eigenvalue weighted by atomic mass is 9.90. The largest absolute Gasteiger partial charge is 0.378 e. The molecule has 0 aromatic heterocycles. The number of carbonyl (C=O) groups excluding carboxylic acids is 1.